The van der Waals surface area contributed by atoms with Crippen LogP contribution in [0.3, 0.4) is 0 Å². The summed E-state index contributed by atoms with van der Waals surface area (Å²) in [4.78, 5) is 14.4. The van der Waals surface area contributed by atoms with Gasteiger partial charge in [0.15, 0.2) is 0 Å². The summed E-state index contributed by atoms with van der Waals surface area (Å²) in [7, 11) is 2.02. The Balaban J connectivity index is 1.51. The minimum atomic E-state index is 0.396. The molecule has 1 saturated carbocycles. The van der Waals surface area contributed by atoms with E-state index in [1.54, 1.807) is 0 Å². The molecule has 2 heterocycles. The predicted octanol–water partition coefficient (Wildman–Crippen LogP) is 2.31. The van der Waals surface area contributed by atoms with Crippen molar-refractivity contribution in [2.45, 2.75) is 75.9 Å². The Bertz CT molecular complexity index is 300. The van der Waals surface area contributed by atoms with E-state index >= 15 is 0 Å². The van der Waals surface area contributed by atoms with Gasteiger partial charge in [0.1, 0.15) is 0 Å². The van der Waals surface area contributed by atoms with E-state index in [0.29, 0.717) is 30.0 Å². The Kier molecular flexibility index (Phi) is 3.60. The van der Waals surface area contributed by atoms with Crippen molar-refractivity contribution in [2.75, 3.05) is 7.05 Å². The molecule has 0 spiro atoms. The van der Waals surface area contributed by atoms with Crippen LogP contribution in [0.5, 0.6) is 0 Å². The minimum absolute atomic E-state index is 0.396. The lowest BCUT2D eigenvalue weighted by Crippen LogP contribution is -2.41. The van der Waals surface area contributed by atoms with Crippen molar-refractivity contribution in [3.05, 3.63) is 0 Å². The van der Waals surface area contributed by atoms with Gasteiger partial charge in [-0.2, -0.15) is 0 Å². The van der Waals surface area contributed by atoms with Crippen LogP contribution in [0.2, 0.25) is 0 Å². The van der Waals surface area contributed by atoms with Crippen LogP contribution in [0.4, 0.5) is 0 Å². The summed E-state index contributed by atoms with van der Waals surface area (Å²) in [5.74, 6) is 1.04. The standard InChI is InChI=1S/C15H26N2O/c1-17(14-4-2-3-5-14)15(18)10-11-8-12-6-7-13(9-11)16-12/h11-14,16H,2-10H2,1H3. The molecule has 102 valence electrons. The Labute approximate surface area is 110 Å². The molecular formula is C15H26N2O. The fraction of sp³-hybridized carbons (Fsp3) is 0.933. The quantitative estimate of drug-likeness (QED) is 0.833. The van der Waals surface area contributed by atoms with Gasteiger partial charge in [0, 0.05) is 31.6 Å². The Morgan fingerprint density at radius 1 is 1.11 bits per heavy atom. The molecule has 0 aromatic carbocycles. The van der Waals surface area contributed by atoms with Crippen LogP contribution < -0.4 is 5.32 Å². The average molecular weight is 250 g/mol. The fourth-order valence-electron chi connectivity index (χ4n) is 4.23. The Morgan fingerprint density at radius 2 is 1.72 bits per heavy atom. The fourth-order valence-corrected chi connectivity index (χ4v) is 4.23. The number of hydrogen-bond donors (Lipinski definition) is 1. The summed E-state index contributed by atoms with van der Waals surface area (Å²) in [6.45, 7) is 0. The molecule has 0 aromatic heterocycles. The second-order valence-corrected chi connectivity index (χ2v) is 6.62. The van der Waals surface area contributed by atoms with Gasteiger partial charge >= 0.3 is 0 Å². The molecule has 0 radical (unpaired) electrons. The van der Waals surface area contributed by atoms with Crippen molar-refractivity contribution < 1.29 is 4.79 Å². The number of carbonyl (C=O) groups is 1. The molecule has 1 N–H and O–H groups in total. The van der Waals surface area contributed by atoms with E-state index < -0.39 is 0 Å². The highest BCUT2D eigenvalue weighted by Crippen LogP contribution is 2.33. The highest BCUT2D eigenvalue weighted by atomic mass is 16.2. The summed E-state index contributed by atoms with van der Waals surface area (Å²) >= 11 is 0. The first kappa shape index (κ1) is 12.5. The molecule has 1 amide bonds. The smallest absolute Gasteiger partial charge is 0.222 e. The van der Waals surface area contributed by atoms with Crippen LogP contribution in [0.15, 0.2) is 0 Å². The van der Waals surface area contributed by atoms with Gasteiger partial charge in [-0.05, 0) is 44.4 Å². The number of rotatable bonds is 3. The summed E-state index contributed by atoms with van der Waals surface area (Å²) < 4.78 is 0. The minimum Gasteiger partial charge on any atom is -0.343 e. The number of carbonyl (C=O) groups excluding carboxylic acids is 1. The van der Waals surface area contributed by atoms with E-state index in [-0.39, 0.29) is 0 Å². The summed E-state index contributed by atoms with van der Waals surface area (Å²) in [6, 6.07) is 1.95. The molecule has 2 bridgehead atoms. The van der Waals surface area contributed by atoms with E-state index in [9.17, 15) is 4.79 Å². The van der Waals surface area contributed by atoms with Crippen LogP contribution >= 0.6 is 0 Å². The number of fused-ring (bicyclic) bond motifs is 2. The van der Waals surface area contributed by atoms with Crippen LogP contribution in [0, 0.1) is 5.92 Å². The first-order valence-corrected chi connectivity index (χ1v) is 7.74. The zero-order chi connectivity index (χ0) is 12.5. The van der Waals surface area contributed by atoms with Gasteiger partial charge in [-0.25, -0.2) is 0 Å². The summed E-state index contributed by atoms with van der Waals surface area (Å²) in [5, 5.41) is 3.65. The van der Waals surface area contributed by atoms with E-state index in [0.717, 1.165) is 6.42 Å². The lowest BCUT2D eigenvalue weighted by atomic mass is 9.89. The van der Waals surface area contributed by atoms with Crippen LogP contribution in [-0.2, 0) is 4.79 Å². The lowest BCUT2D eigenvalue weighted by molar-refractivity contribution is -0.133. The Hall–Kier alpha value is -0.570. The number of hydrogen-bond acceptors (Lipinski definition) is 2. The third kappa shape index (κ3) is 2.56. The molecule has 2 aliphatic heterocycles. The molecule has 0 aromatic rings. The molecule has 18 heavy (non-hydrogen) atoms. The number of piperidine rings is 1. The van der Waals surface area contributed by atoms with E-state index in [1.807, 2.05) is 7.05 Å². The normalized spacial score (nSPS) is 35.9. The number of amides is 1. The molecule has 3 heteroatoms. The van der Waals surface area contributed by atoms with E-state index in [4.69, 9.17) is 0 Å². The molecule has 3 nitrogen and oxygen atoms in total. The van der Waals surface area contributed by atoms with Crippen LogP contribution in [0.1, 0.15) is 57.8 Å². The van der Waals surface area contributed by atoms with Crippen LogP contribution in [-0.4, -0.2) is 36.0 Å². The third-order valence-electron chi connectivity index (χ3n) is 5.30. The third-order valence-corrected chi connectivity index (χ3v) is 5.30. The molecule has 2 saturated heterocycles. The first-order chi connectivity index (χ1) is 8.72. The highest BCUT2D eigenvalue weighted by molar-refractivity contribution is 5.76. The SMILES string of the molecule is CN(C(=O)CC1CC2CCC(C1)N2)C1CCCC1. The van der Waals surface area contributed by atoms with Crippen LogP contribution in [0.25, 0.3) is 0 Å². The van der Waals surface area contributed by atoms with Crippen molar-refractivity contribution >= 4 is 5.91 Å². The zero-order valence-electron chi connectivity index (χ0n) is 11.5. The number of nitrogens with zero attached hydrogens (tertiary/aromatic N) is 1. The van der Waals surface area contributed by atoms with Crippen molar-refractivity contribution in [2.24, 2.45) is 5.92 Å². The van der Waals surface area contributed by atoms with Gasteiger partial charge in [-0.1, -0.05) is 12.8 Å². The Morgan fingerprint density at radius 3 is 2.33 bits per heavy atom. The monoisotopic (exact) mass is 250 g/mol. The van der Waals surface area contributed by atoms with E-state index in [2.05, 4.69) is 10.2 Å². The second-order valence-electron chi connectivity index (χ2n) is 6.62. The largest absolute Gasteiger partial charge is 0.343 e. The van der Waals surface area contributed by atoms with Crippen molar-refractivity contribution in [3.63, 3.8) is 0 Å². The molecule has 1 aliphatic carbocycles. The topological polar surface area (TPSA) is 32.3 Å². The number of nitrogens with one attached hydrogen (secondary N) is 1. The van der Waals surface area contributed by atoms with Gasteiger partial charge in [0.25, 0.3) is 0 Å². The van der Waals surface area contributed by atoms with Crippen molar-refractivity contribution in [1.82, 2.24) is 10.2 Å². The summed E-state index contributed by atoms with van der Waals surface area (Å²) in [5.41, 5.74) is 0. The van der Waals surface area contributed by atoms with Gasteiger partial charge in [0.05, 0.1) is 0 Å². The maximum absolute atomic E-state index is 12.3. The van der Waals surface area contributed by atoms with E-state index in [1.165, 1.54) is 51.4 Å². The first-order valence-electron chi connectivity index (χ1n) is 7.74. The molecule has 3 rings (SSSR count). The van der Waals surface area contributed by atoms with Gasteiger partial charge in [-0.3, -0.25) is 4.79 Å². The maximum atomic E-state index is 12.3. The lowest BCUT2D eigenvalue weighted by Gasteiger charge is -2.31. The highest BCUT2D eigenvalue weighted by Gasteiger charge is 2.35. The van der Waals surface area contributed by atoms with Gasteiger partial charge < -0.3 is 10.2 Å². The maximum Gasteiger partial charge on any atom is 0.222 e. The van der Waals surface area contributed by atoms with Crippen molar-refractivity contribution in [3.8, 4) is 0 Å². The molecule has 3 aliphatic rings. The summed E-state index contributed by atoms with van der Waals surface area (Å²) in [6.07, 6.45) is 10.9. The van der Waals surface area contributed by atoms with Crippen molar-refractivity contribution in [1.29, 1.82) is 0 Å². The molecular weight excluding hydrogens is 224 g/mol. The molecule has 2 unspecified atom stereocenters. The van der Waals surface area contributed by atoms with Gasteiger partial charge in [0.2, 0.25) is 5.91 Å². The second kappa shape index (κ2) is 5.20. The van der Waals surface area contributed by atoms with Gasteiger partial charge in [-0.15, -0.1) is 0 Å². The molecule has 3 fully saturated rings. The zero-order valence-corrected chi connectivity index (χ0v) is 11.5. The molecule has 2 atom stereocenters. The predicted molar refractivity (Wildman–Crippen MR) is 72.3 cm³/mol. The average Bonchev–Trinajstić information content (AvgIpc) is 2.98.